The van der Waals surface area contributed by atoms with Crippen LogP contribution in [-0.2, 0) is 20.0 Å². The Labute approximate surface area is 126 Å². The number of ether oxygens (including phenoxy) is 1. The summed E-state index contributed by atoms with van der Waals surface area (Å²) in [5.74, 6) is 0.236. The van der Waals surface area contributed by atoms with Gasteiger partial charge in [0.15, 0.2) is 0 Å². The molecule has 1 rings (SSSR count). The number of methoxy groups -OCH3 is 1. The second-order valence-electron chi connectivity index (χ2n) is 3.91. The van der Waals surface area contributed by atoms with E-state index in [-0.39, 0.29) is 23.6 Å². The van der Waals surface area contributed by atoms with Crippen molar-refractivity contribution in [1.29, 1.82) is 0 Å². The van der Waals surface area contributed by atoms with Gasteiger partial charge in [-0.3, -0.25) is 0 Å². The molecular formula is C10H15BrN2O5S2. The van der Waals surface area contributed by atoms with E-state index in [2.05, 4.69) is 20.7 Å². The topological polar surface area (TPSA) is 116 Å². The average Bonchev–Trinajstić information content (AvgIpc) is 2.33. The van der Waals surface area contributed by atoms with Gasteiger partial charge in [0, 0.05) is 6.54 Å². The van der Waals surface area contributed by atoms with Crippen molar-refractivity contribution < 1.29 is 21.6 Å². The largest absolute Gasteiger partial charge is 0.496 e. The quantitative estimate of drug-likeness (QED) is 0.658. The van der Waals surface area contributed by atoms with Crippen LogP contribution < -0.4 is 14.6 Å². The first-order valence-corrected chi connectivity index (χ1v) is 9.48. The van der Waals surface area contributed by atoms with E-state index in [1.165, 1.54) is 25.3 Å². The Hall–Kier alpha value is -0.680. The zero-order valence-corrected chi connectivity index (χ0v) is 13.9. The van der Waals surface area contributed by atoms with E-state index in [1.54, 1.807) is 0 Å². The molecule has 0 aliphatic carbocycles. The van der Waals surface area contributed by atoms with E-state index >= 15 is 0 Å². The standard InChI is InChI=1S/C10H15BrN2O5S2/c1-18-10-4-3-8(7-9(10)11)20(16,17)13-5-2-6-19(12,14)15/h3-4,7,13H,2,5-6H2,1H3,(H2,12,14,15). The summed E-state index contributed by atoms with van der Waals surface area (Å²) in [6, 6.07) is 4.31. The van der Waals surface area contributed by atoms with Gasteiger partial charge in [0.05, 0.1) is 22.2 Å². The predicted molar refractivity (Wildman–Crippen MR) is 78.5 cm³/mol. The maximum Gasteiger partial charge on any atom is 0.240 e. The van der Waals surface area contributed by atoms with Gasteiger partial charge in [0.1, 0.15) is 5.75 Å². The molecule has 0 bridgehead atoms. The first-order chi connectivity index (χ1) is 9.15. The number of halogens is 1. The van der Waals surface area contributed by atoms with Crippen LogP contribution in [0.25, 0.3) is 0 Å². The number of primary sulfonamides is 1. The van der Waals surface area contributed by atoms with Crippen LogP contribution in [0.5, 0.6) is 5.75 Å². The Morgan fingerprint density at radius 3 is 2.45 bits per heavy atom. The number of benzene rings is 1. The van der Waals surface area contributed by atoms with Crippen molar-refractivity contribution in [3.8, 4) is 5.75 Å². The fraction of sp³-hybridized carbons (Fsp3) is 0.400. The van der Waals surface area contributed by atoms with Gasteiger partial charge in [-0.15, -0.1) is 0 Å². The lowest BCUT2D eigenvalue weighted by Crippen LogP contribution is -2.27. The summed E-state index contributed by atoms with van der Waals surface area (Å²) in [5, 5.41) is 4.82. The number of hydrogen-bond acceptors (Lipinski definition) is 5. The Kier molecular flexibility index (Phi) is 5.95. The van der Waals surface area contributed by atoms with E-state index < -0.39 is 20.0 Å². The molecule has 0 saturated heterocycles. The molecule has 0 aliphatic heterocycles. The maximum absolute atomic E-state index is 12.0. The summed E-state index contributed by atoms with van der Waals surface area (Å²) in [6.45, 7) is -0.0115. The maximum atomic E-state index is 12.0. The molecule has 114 valence electrons. The molecule has 0 aliphatic rings. The average molecular weight is 387 g/mol. The van der Waals surface area contributed by atoms with Crippen LogP contribution in [0.4, 0.5) is 0 Å². The van der Waals surface area contributed by atoms with Crippen molar-refractivity contribution in [2.75, 3.05) is 19.4 Å². The van der Waals surface area contributed by atoms with Gasteiger partial charge < -0.3 is 4.74 Å². The normalized spacial score (nSPS) is 12.3. The van der Waals surface area contributed by atoms with E-state index in [4.69, 9.17) is 9.88 Å². The van der Waals surface area contributed by atoms with Gasteiger partial charge in [-0.25, -0.2) is 26.7 Å². The Bertz CT molecular complexity index is 673. The second-order valence-corrected chi connectivity index (χ2v) is 8.27. The van der Waals surface area contributed by atoms with Crippen molar-refractivity contribution in [2.24, 2.45) is 5.14 Å². The van der Waals surface area contributed by atoms with E-state index in [1.807, 2.05) is 0 Å². The zero-order chi connectivity index (χ0) is 15.4. The molecule has 1 aromatic rings. The molecule has 20 heavy (non-hydrogen) atoms. The third-order valence-electron chi connectivity index (χ3n) is 2.33. The molecule has 3 N–H and O–H groups in total. The van der Waals surface area contributed by atoms with E-state index in [0.29, 0.717) is 10.2 Å². The highest BCUT2D eigenvalue weighted by Crippen LogP contribution is 2.27. The lowest BCUT2D eigenvalue weighted by Gasteiger charge is -2.08. The number of hydrogen-bond donors (Lipinski definition) is 2. The molecule has 1 aromatic carbocycles. The van der Waals surface area contributed by atoms with Crippen LogP contribution in [-0.4, -0.2) is 36.2 Å². The molecule has 0 aromatic heterocycles. The van der Waals surface area contributed by atoms with Crippen LogP contribution in [0.15, 0.2) is 27.6 Å². The third-order valence-corrected chi connectivity index (χ3v) is 5.27. The van der Waals surface area contributed by atoms with Gasteiger partial charge >= 0.3 is 0 Å². The number of sulfonamides is 2. The first kappa shape index (κ1) is 17.4. The third kappa shape index (κ3) is 5.37. The zero-order valence-electron chi connectivity index (χ0n) is 10.7. The van der Waals surface area contributed by atoms with Gasteiger partial charge in [-0.1, -0.05) is 0 Å². The molecule has 0 heterocycles. The van der Waals surface area contributed by atoms with Gasteiger partial charge in [-0.2, -0.15) is 0 Å². The Balaban J connectivity index is 2.72. The van der Waals surface area contributed by atoms with Crippen LogP contribution in [0, 0.1) is 0 Å². The lowest BCUT2D eigenvalue weighted by atomic mass is 10.3. The summed E-state index contributed by atoms with van der Waals surface area (Å²) in [5.41, 5.74) is 0. The van der Waals surface area contributed by atoms with Crippen LogP contribution in [0.3, 0.4) is 0 Å². The van der Waals surface area contributed by atoms with Crippen LogP contribution in [0.2, 0.25) is 0 Å². The number of nitrogens with two attached hydrogens (primary N) is 1. The van der Waals surface area contributed by atoms with Gasteiger partial charge in [0.2, 0.25) is 20.0 Å². The minimum atomic E-state index is -3.70. The summed E-state index contributed by atoms with van der Waals surface area (Å²) in [6.07, 6.45) is 0.107. The SMILES string of the molecule is COc1ccc(S(=O)(=O)NCCCS(N)(=O)=O)cc1Br. The molecule has 0 radical (unpaired) electrons. The first-order valence-electron chi connectivity index (χ1n) is 5.49. The Morgan fingerprint density at radius 1 is 1.30 bits per heavy atom. The van der Waals surface area contributed by atoms with Crippen molar-refractivity contribution in [3.63, 3.8) is 0 Å². The smallest absolute Gasteiger partial charge is 0.240 e. The van der Waals surface area contributed by atoms with Gasteiger partial charge in [0.25, 0.3) is 0 Å². The monoisotopic (exact) mass is 386 g/mol. The van der Waals surface area contributed by atoms with Crippen molar-refractivity contribution in [3.05, 3.63) is 22.7 Å². The molecule has 0 unspecified atom stereocenters. The molecule has 0 fully saturated rings. The highest BCUT2D eigenvalue weighted by Gasteiger charge is 2.15. The van der Waals surface area contributed by atoms with Crippen LogP contribution in [0.1, 0.15) is 6.42 Å². The minimum Gasteiger partial charge on any atom is -0.496 e. The predicted octanol–water partition coefficient (Wildman–Crippen LogP) is 0.415. The van der Waals surface area contributed by atoms with Crippen LogP contribution >= 0.6 is 15.9 Å². The van der Waals surface area contributed by atoms with Gasteiger partial charge in [-0.05, 0) is 40.5 Å². The number of nitrogens with one attached hydrogen (secondary N) is 1. The molecule has 0 atom stereocenters. The molecule has 0 spiro atoms. The summed E-state index contributed by atoms with van der Waals surface area (Å²) in [7, 11) is -5.81. The van der Waals surface area contributed by atoms with E-state index in [9.17, 15) is 16.8 Å². The minimum absolute atomic E-state index is 0.0115. The summed E-state index contributed by atoms with van der Waals surface area (Å²) >= 11 is 3.19. The molecular weight excluding hydrogens is 372 g/mol. The Morgan fingerprint density at radius 2 is 1.95 bits per heavy atom. The summed E-state index contributed by atoms with van der Waals surface area (Å²) in [4.78, 5) is 0.0563. The molecule has 0 amide bonds. The number of rotatable bonds is 7. The fourth-order valence-electron chi connectivity index (χ4n) is 1.38. The van der Waals surface area contributed by atoms with Crippen molar-refractivity contribution in [2.45, 2.75) is 11.3 Å². The van der Waals surface area contributed by atoms with Crippen molar-refractivity contribution >= 4 is 36.0 Å². The molecule has 7 nitrogen and oxygen atoms in total. The lowest BCUT2D eigenvalue weighted by molar-refractivity contribution is 0.411. The molecule has 10 heteroatoms. The molecule has 0 saturated carbocycles. The summed E-state index contributed by atoms with van der Waals surface area (Å²) < 4.78 is 53.2. The second kappa shape index (κ2) is 6.85. The van der Waals surface area contributed by atoms with Crippen molar-refractivity contribution in [1.82, 2.24) is 4.72 Å². The fourth-order valence-corrected chi connectivity index (χ4v) is 3.72. The highest BCUT2D eigenvalue weighted by molar-refractivity contribution is 9.10. The highest BCUT2D eigenvalue weighted by atomic mass is 79.9. The van der Waals surface area contributed by atoms with E-state index in [0.717, 1.165) is 0 Å².